The van der Waals surface area contributed by atoms with Gasteiger partial charge in [0.1, 0.15) is 17.6 Å². The molecule has 0 bridgehead atoms. The van der Waals surface area contributed by atoms with E-state index in [-0.39, 0.29) is 5.92 Å². The lowest BCUT2D eigenvalue weighted by Gasteiger charge is -2.29. The molecule has 1 aliphatic heterocycles. The second-order valence-corrected chi connectivity index (χ2v) is 9.55. The predicted molar refractivity (Wildman–Crippen MR) is 152 cm³/mol. The first-order chi connectivity index (χ1) is 19.2. The first-order valence-corrected chi connectivity index (χ1v) is 13.4. The average Bonchev–Trinajstić information content (AvgIpc) is 2.97. The summed E-state index contributed by atoms with van der Waals surface area (Å²) in [4.78, 5) is 4.74. The maximum Gasteiger partial charge on any atom is 0.228 e. The van der Waals surface area contributed by atoms with Crippen LogP contribution in [0, 0.1) is 5.41 Å². The van der Waals surface area contributed by atoms with Crippen LogP contribution in [0.3, 0.4) is 0 Å². The van der Waals surface area contributed by atoms with Crippen LogP contribution in [-0.4, -0.2) is 22.8 Å². The number of aromatic nitrogens is 2. The number of benzene rings is 4. The molecule has 4 aromatic carbocycles. The van der Waals surface area contributed by atoms with Crippen molar-refractivity contribution in [2.24, 2.45) is 0 Å². The zero-order valence-corrected chi connectivity index (χ0v) is 22.2. The molecule has 6 heteroatoms. The number of rotatable bonds is 8. The number of nitrogens with one attached hydrogen (secondary N) is 1. The summed E-state index contributed by atoms with van der Waals surface area (Å²) in [5.41, 5.74) is 4.46. The Bertz CT molecular complexity index is 1690. The van der Waals surface area contributed by atoms with Crippen molar-refractivity contribution in [3.05, 3.63) is 119 Å². The third-order valence-corrected chi connectivity index (χ3v) is 7.18. The number of nitrogens with zero attached hydrogens (tertiary/aromatic N) is 2. The monoisotopic (exact) mass is 517 g/mol. The zero-order valence-electron chi connectivity index (χ0n) is 22.2. The minimum atomic E-state index is -0.156. The van der Waals surface area contributed by atoms with Gasteiger partial charge >= 0.3 is 0 Å². The minimum Gasteiger partial charge on any atom is -0.490 e. The molecule has 1 N–H and O–H groups in total. The third kappa shape index (κ3) is 4.63. The SMILES string of the molecule is CCOc1ccc(CCn2cnc3c(c2=N)C(c2ccccc2)c2ccc4ccccc4c2O3)cc1OCC. The molecular formula is C33H31N3O3. The standard InChI is InChI=1S/C33H31N3O3/c1-3-37-27-17-14-22(20-28(27)38-4-2)18-19-36-21-35-33-30(32(36)34)29(24-11-6-5-7-12-24)26-16-15-23-10-8-9-13-25(23)31(26)39-33/h5-17,20-21,29,34H,3-4,18-19H2,1-2H3. The van der Waals surface area contributed by atoms with E-state index in [2.05, 4.69) is 42.5 Å². The molecule has 0 amide bonds. The van der Waals surface area contributed by atoms with Crippen LogP contribution in [0.1, 0.15) is 42.0 Å². The quantitative estimate of drug-likeness (QED) is 0.240. The largest absolute Gasteiger partial charge is 0.490 e. The van der Waals surface area contributed by atoms with Gasteiger partial charge < -0.3 is 18.8 Å². The van der Waals surface area contributed by atoms with Gasteiger partial charge in [0.25, 0.3) is 0 Å². The van der Waals surface area contributed by atoms with Gasteiger partial charge in [-0.2, -0.15) is 0 Å². The summed E-state index contributed by atoms with van der Waals surface area (Å²) in [7, 11) is 0. The van der Waals surface area contributed by atoms with Crippen LogP contribution in [0.4, 0.5) is 0 Å². The van der Waals surface area contributed by atoms with E-state index in [1.165, 1.54) is 0 Å². The molecular weight excluding hydrogens is 486 g/mol. The number of hydrogen-bond acceptors (Lipinski definition) is 5. The van der Waals surface area contributed by atoms with E-state index in [1.807, 2.05) is 60.9 Å². The van der Waals surface area contributed by atoms with E-state index >= 15 is 0 Å². The van der Waals surface area contributed by atoms with Crippen molar-refractivity contribution in [3.8, 4) is 23.1 Å². The molecule has 0 fully saturated rings. The van der Waals surface area contributed by atoms with Gasteiger partial charge in [-0.1, -0.05) is 72.8 Å². The Morgan fingerprint density at radius 2 is 1.64 bits per heavy atom. The summed E-state index contributed by atoms with van der Waals surface area (Å²) in [5.74, 6) is 2.65. The highest BCUT2D eigenvalue weighted by Crippen LogP contribution is 2.47. The van der Waals surface area contributed by atoms with Crippen LogP contribution in [0.25, 0.3) is 10.8 Å². The van der Waals surface area contributed by atoms with E-state index in [0.717, 1.165) is 56.7 Å². The lowest BCUT2D eigenvalue weighted by atomic mass is 9.83. The molecule has 1 unspecified atom stereocenters. The van der Waals surface area contributed by atoms with E-state index in [9.17, 15) is 5.41 Å². The van der Waals surface area contributed by atoms with Crippen LogP contribution in [0.15, 0.2) is 91.3 Å². The van der Waals surface area contributed by atoms with Crippen molar-refractivity contribution in [2.45, 2.75) is 32.7 Å². The highest BCUT2D eigenvalue weighted by atomic mass is 16.5. The molecule has 6 rings (SSSR count). The van der Waals surface area contributed by atoms with E-state index in [4.69, 9.17) is 19.2 Å². The van der Waals surface area contributed by atoms with Crippen LogP contribution in [0.2, 0.25) is 0 Å². The van der Waals surface area contributed by atoms with Crippen molar-refractivity contribution < 1.29 is 14.2 Å². The first kappa shape index (κ1) is 24.7. The number of fused-ring (bicyclic) bond motifs is 4. The first-order valence-electron chi connectivity index (χ1n) is 13.4. The Balaban J connectivity index is 1.39. The van der Waals surface area contributed by atoms with Crippen molar-refractivity contribution >= 4 is 10.8 Å². The fourth-order valence-electron chi connectivity index (χ4n) is 5.36. The minimum absolute atomic E-state index is 0.156. The smallest absolute Gasteiger partial charge is 0.228 e. The van der Waals surface area contributed by atoms with Crippen molar-refractivity contribution in [1.29, 1.82) is 5.41 Å². The highest BCUT2D eigenvalue weighted by Gasteiger charge is 2.33. The molecule has 1 atom stereocenters. The van der Waals surface area contributed by atoms with Gasteiger partial charge in [0.15, 0.2) is 11.5 Å². The highest BCUT2D eigenvalue weighted by molar-refractivity contribution is 5.91. The van der Waals surface area contributed by atoms with Gasteiger partial charge in [0.05, 0.1) is 18.8 Å². The Morgan fingerprint density at radius 3 is 2.46 bits per heavy atom. The molecule has 0 radical (unpaired) electrons. The lowest BCUT2D eigenvalue weighted by molar-refractivity contribution is 0.287. The van der Waals surface area contributed by atoms with Gasteiger partial charge in [-0.3, -0.25) is 5.41 Å². The van der Waals surface area contributed by atoms with Crippen LogP contribution in [-0.2, 0) is 13.0 Å². The van der Waals surface area contributed by atoms with Gasteiger partial charge in [-0.15, -0.1) is 0 Å². The molecule has 1 aliphatic rings. The summed E-state index contributed by atoms with van der Waals surface area (Å²) in [5, 5.41) is 11.4. The molecule has 6 nitrogen and oxygen atoms in total. The molecule has 39 heavy (non-hydrogen) atoms. The maximum absolute atomic E-state index is 9.27. The number of aryl methyl sites for hydroxylation is 2. The van der Waals surface area contributed by atoms with Gasteiger partial charge in [0, 0.05) is 23.4 Å². The normalized spacial score (nSPS) is 13.8. The zero-order chi connectivity index (χ0) is 26.8. The molecule has 0 spiro atoms. The topological polar surface area (TPSA) is 69.4 Å². The summed E-state index contributed by atoms with van der Waals surface area (Å²) in [6.07, 6.45) is 2.44. The van der Waals surface area contributed by atoms with E-state index < -0.39 is 0 Å². The van der Waals surface area contributed by atoms with Gasteiger partial charge in [-0.05, 0) is 48.9 Å². The van der Waals surface area contributed by atoms with Crippen LogP contribution >= 0.6 is 0 Å². The Labute approximate surface area is 228 Å². The van der Waals surface area contributed by atoms with Crippen LogP contribution in [0.5, 0.6) is 23.1 Å². The molecule has 1 aromatic heterocycles. The summed E-state index contributed by atoms with van der Waals surface area (Å²) < 4.78 is 19.9. The Morgan fingerprint density at radius 1 is 0.872 bits per heavy atom. The number of hydrogen-bond donors (Lipinski definition) is 1. The van der Waals surface area contributed by atoms with Crippen molar-refractivity contribution in [1.82, 2.24) is 9.55 Å². The third-order valence-electron chi connectivity index (χ3n) is 7.18. The van der Waals surface area contributed by atoms with Crippen LogP contribution < -0.4 is 19.7 Å². The van der Waals surface area contributed by atoms with E-state index in [0.29, 0.717) is 31.1 Å². The van der Waals surface area contributed by atoms with Gasteiger partial charge in [-0.25, -0.2) is 4.98 Å². The summed E-state index contributed by atoms with van der Waals surface area (Å²) >= 11 is 0. The predicted octanol–water partition coefficient (Wildman–Crippen LogP) is 6.84. The van der Waals surface area contributed by atoms with Crippen molar-refractivity contribution in [2.75, 3.05) is 13.2 Å². The lowest BCUT2D eigenvalue weighted by Crippen LogP contribution is -2.30. The molecule has 2 heterocycles. The summed E-state index contributed by atoms with van der Waals surface area (Å²) in [6, 6.07) is 28.9. The fraction of sp³-hybridized carbons (Fsp3) is 0.212. The second-order valence-electron chi connectivity index (χ2n) is 9.55. The molecule has 0 saturated heterocycles. The molecule has 0 aliphatic carbocycles. The maximum atomic E-state index is 9.27. The van der Waals surface area contributed by atoms with Gasteiger partial charge in [0.2, 0.25) is 5.88 Å². The second kappa shape index (κ2) is 10.7. The molecule has 196 valence electrons. The molecule has 5 aromatic rings. The Hall–Kier alpha value is -4.58. The molecule has 0 saturated carbocycles. The number of ether oxygens (including phenoxy) is 3. The average molecular weight is 518 g/mol. The summed E-state index contributed by atoms with van der Waals surface area (Å²) in [6.45, 7) is 5.69. The van der Waals surface area contributed by atoms with Crippen molar-refractivity contribution in [3.63, 3.8) is 0 Å². The Kier molecular flexibility index (Phi) is 6.76. The van der Waals surface area contributed by atoms with E-state index in [1.54, 1.807) is 6.33 Å². The fourth-order valence-corrected chi connectivity index (χ4v) is 5.36.